The number of rotatable bonds is 2. The standard InChI is InChI=1S/C14H14.3CH4/c1-12(13-8-4-2-5-9-13)14-10-6-3-7-11-14;;;/h2-12H,1H3;3*1H4. The van der Waals surface area contributed by atoms with E-state index in [4.69, 9.17) is 0 Å². The molecule has 0 aliphatic rings. The molecule has 0 N–H and O–H groups in total. The van der Waals surface area contributed by atoms with Gasteiger partial charge in [0.05, 0.1) is 0 Å². The zero-order valence-corrected chi connectivity index (χ0v) is 8.35. The van der Waals surface area contributed by atoms with Crippen LogP contribution in [0.1, 0.15) is 46.2 Å². The molecule has 0 saturated carbocycles. The van der Waals surface area contributed by atoms with Crippen molar-refractivity contribution in [3.8, 4) is 0 Å². The van der Waals surface area contributed by atoms with E-state index in [-0.39, 0.29) is 22.3 Å². The van der Waals surface area contributed by atoms with Crippen LogP contribution >= 0.6 is 0 Å². The highest BCUT2D eigenvalue weighted by Crippen LogP contribution is 2.22. The van der Waals surface area contributed by atoms with E-state index in [0.717, 1.165) is 0 Å². The van der Waals surface area contributed by atoms with Gasteiger partial charge < -0.3 is 0 Å². The van der Waals surface area contributed by atoms with Gasteiger partial charge in [-0.05, 0) is 11.1 Å². The van der Waals surface area contributed by atoms with E-state index < -0.39 is 0 Å². The van der Waals surface area contributed by atoms with Crippen molar-refractivity contribution in [1.82, 2.24) is 0 Å². The van der Waals surface area contributed by atoms with Crippen LogP contribution in [0, 0.1) is 0 Å². The zero-order valence-electron chi connectivity index (χ0n) is 8.35. The first-order valence-corrected chi connectivity index (χ1v) is 4.98. The highest BCUT2D eigenvalue weighted by molar-refractivity contribution is 5.31. The summed E-state index contributed by atoms with van der Waals surface area (Å²) >= 11 is 0. The van der Waals surface area contributed by atoms with Crippen LogP contribution in [-0.2, 0) is 0 Å². The number of hydrogen-bond acceptors (Lipinski definition) is 0. The van der Waals surface area contributed by atoms with Gasteiger partial charge in [-0.2, -0.15) is 0 Å². The molecule has 0 heteroatoms. The highest BCUT2D eigenvalue weighted by Gasteiger charge is 2.05. The Kier molecular flexibility index (Phi) is 8.99. The fourth-order valence-corrected chi connectivity index (χ4v) is 1.68. The van der Waals surface area contributed by atoms with Gasteiger partial charge in [-0.1, -0.05) is 89.9 Å². The van der Waals surface area contributed by atoms with E-state index in [2.05, 4.69) is 67.6 Å². The molecular formula is C17H26. The molecule has 0 fully saturated rings. The Hall–Kier alpha value is -1.56. The second-order valence-electron chi connectivity index (χ2n) is 3.54. The maximum atomic E-state index is 2.24. The highest BCUT2D eigenvalue weighted by atomic mass is 14.1. The summed E-state index contributed by atoms with van der Waals surface area (Å²) in [4.78, 5) is 0. The van der Waals surface area contributed by atoms with Gasteiger partial charge in [0, 0.05) is 5.92 Å². The van der Waals surface area contributed by atoms with Gasteiger partial charge in [0.15, 0.2) is 0 Å². The molecule has 0 amide bonds. The third kappa shape index (κ3) is 4.44. The van der Waals surface area contributed by atoms with E-state index in [9.17, 15) is 0 Å². The van der Waals surface area contributed by atoms with Gasteiger partial charge >= 0.3 is 0 Å². The van der Waals surface area contributed by atoms with Crippen LogP contribution in [-0.4, -0.2) is 0 Å². The molecule has 0 aliphatic carbocycles. The summed E-state index contributed by atoms with van der Waals surface area (Å²) in [6.45, 7) is 2.24. The minimum atomic E-state index is 0. The molecule has 0 heterocycles. The van der Waals surface area contributed by atoms with E-state index in [0.29, 0.717) is 5.92 Å². The summed E-state index contributed by atoms with van der Waals surface area (Å²) in [6, 6.07) is 21.2. The van der Waals surface area contributed by atoms with E-state index in [1.807, 2.05) is 0 Å². The molecule has 0 bridgehead atoms. The Bertz CT molecular complexity index is 336. The van der Waals surface area contributed by atoms with Gasteiger partial charge in [0.25, 0.3) is 0 Å². The Morgan fingerprint density at radius 1 is 0.588 bits per heavy atom. The smallest absolute Gasteiger partial charge is 0.00610 e. The largest absolute Gasteiger partial charge is 0.0776 e. The van der Waals surface area contributed by atoms with Crippen LogP contribution in [0.15, 0.2) is 60.7 Å². The Morgan fingerprint density at radius 2 is 0.882 bits per heavy atom. The van der Waals surface area contributed by atoms with Gasteiger partial charge in [0.2, 0.25) is 0 Å². The molecule has 2 aromatic carbocycles. The summed E-state index contributed by atoms with van der Waals surface area (Å²) in [6.07, 6.45) is 0. The van der Waals surface area contributed by atoms with Crippen molar-refractivity contribution in [2.45, 2.75) is 35.1 Å². The summed E-state index contributed by atoms with van der Waals surface area (Å²) in [5.41, 5.74) is 2.75. The predicted octanol–water partition coefficient (Wildman–Crippen LogP) is 5.75. The van der Waals surface area contributed by atoms with E-state index in [1.54, 1.807) is 0 Å². The summed E-state index contributed by atoms with van der Waals surface area (Å²) in [5, 5.41) is 0. The minimum Gasteiger partial charge on any atom is -0.0776 e. The van der Waals surface area contributed by atoms with Crippen LogP contribution < -0.4 is 0 Å². The van der Waals surface area contributed by atoms with Gasteiger partial charge in [0.1, 0.15) is 0 Å². The van der Waals surface area contributed by atoms with Crippen molar-refractivity contribution in [1.29, 1.82) is 0 Å². The first-order valence-electron chi connectivity index (χ1n) is 4.98. The molecule has 0 aliphatic heterocycles. The number of benzene rings is 2. The topological polar surface area (TPSA) is 0 Å². The summed E-state index contributed by atoms with van der Waals surface area (Å²) < 4.78 is 0. The van der Waals surface area contributed by atoms with Gasteiger partial charge in [-0.3, -0.25) is 0 Å². The third-order valence-electron chi connectivity index (χ3n) is 2.60. The Labute approximate surface area is 107 Å². The lowest BCUT2D eigenvalue weighted by atomic mass is 9.93. The Morgan fingerprint density at radius 3 is 1.18 bits per heavy atom. The van der Waals surface area contributed by atoms with Crippen molar-refractivity contribution in [2.24, 2.45) is 0 Å². The molecule has 0 nitrogen and oxygen atoms in total. The summed E-state index contributed by atoms with van der Waals surface area (Å²) in [7, 11) is 0. The van der Waals surface area contributed by atoms with Crippen LogP contribution in [0.4, 0.5) is 0 Å². The lowest BCUT2D eigenvalue weighted by molar-refractivity contribution is 0.922. The SMILES string of the molecule is C.C.C.CC(c1ccccc1)c1ccccc1. The zero-order chi connectivity index (χ0) is 9.80. The van der Waals surface area contributed by atoms with Crippen molar-refractivity contribution in [3.63, 3.8) is 0 Å². The maximum absolute atomic E-state index is 2.24. The van der Waals surface area contributed by atoms with Crippen LogP contribution in [0.25, 0.3) is 0 Å². The molecule has 17 heavy (non-hydrogen) atoms. The molecule has 2 rings (SSSR count). The van der Waals surface area contributed by atoms with E-state index in [1.165, 1.54) is 11.1 Å². The molecule has 0 spiro atoms. The molecule has 0 unspecified atom stereocenters. The fraction of sp³-hybridized carbons (Fsp3) is 0.294. The molecule has 2 aromatic rings. The average molecular weight is 230 g/mol. The molecule has 0 saturated heterocycles. The van der Waals surface area contributed by atoms with Crippen molar-refractivity contribution in [3.05, 3.63) is 71.8 Å². The Balaban J connectivity index is 0. The lowest BCUT2D eigenvalue weighted by Crippen LogP contribution is -1.94. The molecule has 0 aromatic heterocycles. The van der Waals surface area contributed by atoms with Crippen LogP contribution in [0.3, 0.4) is 0 Å². The number of hydrogen-bond donors (Lipinski definition) is 0. The normalized spacial score (nSPS) is 8.59. The monoisotopic (exact) mass is 230 g/mol. The summed E-state index contributed by atoms with van der Waals surface area (Å²) in [5.74, 6) is 0.484. The van der Waals surface area contributed by atoms with Crippen molar-refractivity contribution >= 4 is 0 Å². The second-order valence-corrected chi connectivity index (χ2v) is 3.54. The first-order chi connectivity index (χ1) is 6.88. The molecule has 0 atom stereocenters. The lowest BCUT2D eigenvalue weighted by Gasteiger charge is -2.11. The van der Waals surface area contributed by atoms with Crippen molar-refractivity contribution < 1.29 is 0 Å². The van der Waals surface area contributed by atoms with Gasteiger partial charge in [-0.15, -0.1) is 0 Å². The fourth-order valence-electron chi connectivity index (χ4n) is 1.68. The van der Waals surface area contributed by atoms with Crippen molar-refractivity contribution in [2.75, 3.05) is 0 Å². The van der Waals surface area contributed by atoms with Crippen LogP contribution in [0.5, 0.6) is 0 Å². The molecule has 94 valence electrons. The molecule has 0 radical (unpaired) electrons. The van der Waals surface area contributed by atoms with Gasteiger partial charge in [-0.25, -0.2) is 0 Å². The minimum absolute atomic E-state index is 0. The van der Waals surface area contributed by atoms with E-state index >= 15 is 0 Å². The van der Waals surface area contributed by atoms with Crippen LogP contribution in [0.2, 0.25) is 0 Å². The third-order valence-corrected chi connectivity index (χ3v) is 2.60. The predicted molar refractivity (Wildman–Crippen MR) is 80.6 cm³/mol. The first kappa shape index (κ1) is 17.8. The quantitative estimate of drug-likeness (QED) is 0.616. The maximum Gasteiger partial charge on any atom is 0.00610 e. The molecular weight excluding hydrogens is 204 g/mol. The second kappa shape index (κ2) is 8.58. The average Bonchev–Trinajstić information content (AvgIpc) is 2.30.